The molecule has 6 saturated heterocycles. The van der Waals surface area contributed by atoms with Crippen molar-refractivity contribution in [1.82, 2.24) is 0 Å². The molecule has 192 valence electrons. The van der Waals surface area contributed by atoms with E-state index in [2.05, 4.69) is 13.2 Å². The lowest BCUT2D eigenvalue weighted by Gasteiger charge is -2.16. The molecule has 0 N–H and O–H groups in total. The van der Waals surface area contributed by atoms with E-state index in [9.17, 15) is 0 Å². The van der Waals surface area contributed by atoms with E-state index in [1.807, 2.05) is 0 Å². The van der Waals surface area contributed by atoms with Gasteiger partial charge in [0.1, 0.15) is 61.0 Å². The molecule has 6 fully saturated rings. The maximum atomic E-state index is 5.77. The zero-order valence-electron chi connectivity index (χ0n) is 19.5. The SMILES string of the molecule is C1OC1CO[C@@H]1CO[C@@H]2[C@H]1OC[C@H]2OCC1CO1.C=CCO[C@@H]1CO[C@@H]2[C@H]1OC[C@H]2OCC=C. The molecule has 0 radical (unpaired) electrons. The predicted octanol–water partition coefficient (Wildman–Crippen LogP) is 0.278. The highest BCUT2D eigenvalue weighted by Crippen LogP contribution is 2.32. The summed E-state index contributed by atoms with van der Waals surface area (Å²) < 4.78 is 55.8. The Balaban J connectivity index is 0.000000143. The molecule has 0 bridgehead atoms. The first-order valence-electron chi connectivity index (χ1n) is 12.1. The standard InChI is InChI=1S/C12H18O6.C12H18O4/c1-7(13-1)3-15-9-5-17-12-10(6-18-11(9)12)16-4-8-2-14-8;1-3-5-13-9-7-15-12-10(14-6-4-2)8-16-11(9)12/h7-12H,1-6H2;3-4,9-12H,1-2,5-8H2/t7?,8?,9-,10-,11+,12+;9-,10-,11+,12+/m11/s1. The van der Waals surface area contributed by atoms with Crippen molar-refractivity contribution < 1.29 is 47.4 Å². The van der Waals surface area contributed by atoms with E-state index in [-0.39, 0.29) is 61.0 Å². The molecule has 34 heavy (non-hydrogen) atoms. The van der Waals surface area contributed by atoms with Crippen LogP contribution < -0.4 is 0 Å². The lowest BCUT2D eigenvalue weighted by atomic mass is 10.1. The molecule has 0 spiro atoms. The summed E-state index contributed by atoms with van der Waals surface area (Å²) in [6.45, 7) is 13.5. The van der Waals surface area contributed by atoms with Crippen molar-refractivity contribution in [2.75, 3.05) is 66.1 Å². The van der Waals surface area contributed by atoms with Crippen LogP contribution in [0.5, 0.6) is 0 Å². The third-order valence-electron chi connectivity index (χ3n) is 6.58. The summed E-state index contributed by atoms with van der Waals surface area (Å²) in [5.41, 5.74) is 0. The third-order valence-corrected chi connectivity index (χ3v) is 6.58. The summed E-state index contributed by atoms with van der Waals surface area (Å²) in [5.74, 6) is 0. The van der Waals surface area contributed by atoms with Gasteiger partial charge in [0.2, 0.25) is 0 Å². The van der Waals surface area contributed by atoms with Crippen LogP contribution >= 0.6 is 0 Å². The van der Waals surface area contributed by atoms with E-state index in [4.69, 9.17) is 47.4 Å². The highest BCUT2D eigenvalue weighted by molar-refractivity contribution is 4.97. The van der Waals surface area contributed by atoms with Gasteiger partial charge in [0.15, 0.2) is 0 Å². The minimum absolute atomic E-state index is 0.000307. The van der Waals surface area contributed by atoms with Crippen molar-refractivity contribution in [3.05, 3.63) is 25.3 Å². The molecule has 0 saturated carbocycles. The molecule has 0 aromatic carbocycles. The number of hydrogen-bond acceptors (Lipinski definition) is 10. The molecule has 0 amide bonds. The van der Waals surface area contributed by atoms with E-state index in [0.717, 1.165) is 13.2 Å². The molecule has 6 aliphatic rings. The van der Waals surface area contributed by atoms with Gasteiger partial charge in [-0.25, -0.2) is 0 Å². The monoisotopic (exact) mass is 484 g/mol. The normalized spacial score (nSPS) is 43.6. The summed E-state index contributed by atoms with van der Waals surface area (Å²) in [6.07, 6.45) is 4.07. The van der Waals surface area contributed by atoms with Crippen LogP contribution in [0.4, 0.5) is 0 Å². The fourth-order valence-electron chi connectivity index (χ4n) is 4.60. The molecule has 6 rings (SSSR count). The molecule has 0 aromatic heterocycles. The van der Waals surface area contributed by atoms with E-state index in [1.165, 1.54) is 0 Å². The first kappa shape index (κ1) is 24.8. The van der Waals surface area contributed by atoms with Crippen molar-refractivity contribution in [3.8, 4) is 0 Å². The Morgan fingerprint density at radius 2 is 0.824 bits per heavy atom. The van der Waals surface area contributed by atoms with Crippen molar-refractivity contribution in [2.45, 2.75) is 61.0 Å². The average molecular weight is 485 g/mol. The van der Waals surface area contributed by atoms with Crippen LogP contribution in [0.1, 0.15) is 0 Å². The van der Waals surface area contributed by atoms with Crippen LogP contribution in [0.2, 0.25) is 0 Å². The first-order chi connectivity index (χ1) is 16.8. The van der Waals surface area contributed by atoms with Crippen molar-refractivity contribution in [1.29, 1.82) is 0 Å². The Bertz CT molecular complexity index is 612. The van der Waals surface area contributed by atoms with Crippen LogP contribution in [-0.4, -0.2) is 127 Å². The smallest absolute Gasteiger partial charge is 0.115 e. The van der Waals surface area contributed by atoms with E-state index >= 15 is 0 Å². The summed E-state index contributed by atoms with van der Waals surface area (Å²) in [7, 11) is 0. The zero-order valence-corrected chi connectivity index (χ0v) is 19.5. The summed E-state index contributed by atoms with van der Waals surface area (Å²) in [5, 5.41) is 0. The second kappa shape index (κ2) is 11.9. The number of epoxide rings is 2. The topological polar surface area (TPSA) is 98.9 Å². The molecule has 10 heteroatoms. The molecule has 6 aliphatic heterocycles. The number of rotatable bonds is 12. The highest BCUT2D eigenvalue weighted by atomic mass is 16.7. The third kappa shape index (κ3) is 6.25. The molecule has 2 unspecified atom stereocenters. The van der Waals surface area contributed by atoms with E-state index in [1.54, 1.807) is 12.2 Å². The summed E-state index contributed by atoms with van der Waals surface area (Å²) in [6, 6.07) is 0. The lowest BCUT2D eigenvalue weighted by Crippen LogP contribution is -2.35. The second-order valence-corrected chi connectivity index (χ2v) is 9.17. The van der Waals surface area contributed by atoms with Crippen LogP contribution in [0.25, 0.3) is 0 Å². The Morgan fingerprint density at radius 1 is 0.500 bits per heavy atom. The Kier molecular flexibility index (Phi) is 8.65. The summed E-state index contributed by atoms with van der Waals surface area (Å²) in [4.78, 5) is 0. The zero-order chi connectivity index (χ0) is 23.3. The minimum Gasteiger partial charge on any atom is -0.371 e. The van der Waals surface area contributed by atoms with Gasteiger partial charge >= 0.3 is 0 Å². The Labute approximate surface area is 200 Å². The van der Waals surface area contributed by atoms with Gasteiger partial charge in [-0.05, 0) is 0 Å². The van der Waals surface area contributed by atoms with Gasteiger partial charge in [0.25, 0.3) is 0 Å². The molecule has 0 aliphatic carbocycles. The van der Waals surface area contributed by atoms with Crippen molar-refractivity contribution >= 4 is 0 Å². The maximum Gasteiger partial charge on any atom is 0.115 e. The molecule has 10 nitrogen and oxygen atoms in total. The van der Waals surface area contributed by atoms with Crippen LogP contribution in [0.15, 0.2) is 25.3 Å². The Morgan fingerprint density at radius 3 is 1.12 bits per heavy atom. The van der Waals surface area contributed by atoms with E-state index in [0.29, 0.717) is 52.9 Å². The predicted molar refractivity (Wildman–Crippen MR) is 118 cm³/mol. The molecular formula is C24H36O10. The molecule has 10 atom stereocenters. The Hall–Kier alpha value is -0.920. The van der Waals surface area contributed by atoms with Crippen LogP contribution in [-0.2, 0) is 47.4 Å². The summed E-state index contributed by atoms with van der Waals surface area (Å²) >= 11 is 0. The number of hydrogen-bond donors (Lipinski definition) is 0. The lowest BCUT2D eigenvalue weighted by molar-refractivity contribution is -0.0541. The van der Waals surface area contributed by atoms with Crippen LogP contribution in [0, 0.1) is 0 Å². The van der Waals surface area contributed by atoms with Gasteiger partial charge in [-0.2, -0.15) is 0 Å². The molecular weight excluding hydrogens is 448 g/mol. The van der Waals surface area contributed by atoms with Gasteiger partial charge < -0.3 is 47.4 Å². The fraction of sp³-hybridized carbons (Fsp3) is 0.833. The minimum atomic E-state index is -0.00485. The second-order valence-electron chi connectivity index (χ2n) is 9.17. The first-order valence-corrected chi connectivity index (χ1v) is 12.1. The van der Waals surface area contributed by atoms with Gasteiger partial charge in [0, 0.05) is 0 Å². The molecule has 0 aromatic rings. The highest BCUT2D eigenvalue weighted by Gasteiger charge is 2.50. The van der Waals surface area contributed by atoms with Crippen molar-refractivity contribution in [3.63, 3.8) is 0 Å². The number of fused-ring (bicyclic) bond motifs is 2. The number of ether oxygens (including phenoxy) is 10. The average Bonchev–Trinajstić information content (AvgIpc) is 3.68. The quantitative estimate of drug-likeness (QED) is 0.284. The van der Waals surface area contributed by atoms with Gasteiger partial charge in [-0.3, -0.25) is 0 Å². The van der Waals surface area contributed by atoms with Crippen molar-refractivity contribution in [2.24, 2.45) is 0 Å². The fourth-order valence-corrected chi connectivity index (χ4v) is 4.60. The molecule has 6 heterocycles. The largest absolute Gasteiger partial charge is 0.371 e. The van der Waals surface area contributed by atoms with Gasteiger partial charge in [-0.1, -0.05) is 12.2 Å². The van der Waals surface area contributed by atoms with Crippen LogP contribution in [0.3, 0.4) is 0 Å². The van der Waals surface area contributed by atoms with E-state index < -0.39 is 0 Å². The van der Waals surface area contributed by atoms with Gasteiger partial charge in [-0.15, -0.1) is 13.2 Å². The van der Waals surface area contributed by atoms with Gasteiger partial charge in [0.05, 0.1) is 66.1 Å². The maximum absolute atomic E-state index is 5.77.